The van der Waals surface area contributed by atoms with Crippen molar-refractivity contribution in [2.75, 3.05) is 0 Å². The van der Waals surface area contributed by atoms with E-state index in [9.17, 15) is 9.90 Å². The normalized spacial score (nSPS) is 10.2. The Labute approximate surface area is 89.4 Å². The van der Waals surface area contributed by atoms with Crippen molar-refractivity contribution in [2.24, 2.45) is 0 Å². The minimum absolute atomic E-state index is 0.178. The third-order valence-corrected chi connectivity index (χ3v) is 2.30. The number of hydrogen-bond donors (Lipinski definition) is 2. The van der Waals surface area contributed by atoms with E-state index in [1.54, 1.807) is 12.1 Å². The number of benzene rings is 1. The van der Waals surface area contributed by atoms with Gasteiger partial charge in [0.25, 0.3) is 0 Å². The Bertz CT molecular complexity index is 345. The van der Waals surface area contributed by atoms with Gasteiger partial charge in [-0.1, -0.05) is 13.0 Å². The van der Waals surface area contributed by atoms with Crippen molar-refractivity contribution in [1.82, 2.24) is 0 Å². The predicted molar refractivity (Wildman–Crippen MR) is 58.1 cm³/mol. The highest BCUT2D eigenvalue weighted by atomic mass is 16.4. The van der Waals surface area contributed by atoms with Gasteiger partial charge in [0.05, 0.1) is 0 Å². The number of carbonyl (C=O) groups is 1. The highest BCUT2D eigenvalue weighted by molar-refractivity contribution is 5.66. The van der Waals surface area contributed by atoms with Crippen LogP contribution in [0, 0.1) is 0 Å². The van der Waals surface area contributed by atoms with Crippen LogP contribution in [0.15, 0.2) is 18.2 Å². The van der Waals surface area contributed by atoms with Crippen LogP contribution in [0.5, 0.6) is 5.75 Å². The molecular formula is C12H16O3. The van der Waals surface area contributed by atoms with Crippen molar-refractivity contribution in [3.8, 4) is 5.75 Å². The van der Waals surface area contributed by atoms with Gasteiger partial charge in [0.1, 0.15) is 5.75 Å². The summed E-state index contributed by atoms with van der Waals surface area (Å²) in [7, 11) is 0. The Balaban J connectivity index is 2.60. The van der Waals surface area contributed by atoms with Gasteiger partial charge in [-0.05, 0) is 42.5 Å². The first-order valence-corrected chi connectivity index (χ1v) is 5.15. The van der Waals surface area contributed by atoms with E-state index in [0.717, 1.165) is 17.5 Å². The lowest BCUT2D eigenvalue weighted by molar-refractivity contribution is -0.137. The first-order valence-electron chi connectivity index (χ1n) is 5.15. The van der Waals surface area contributed by atoms with Gasteiger partial charge in [-0.15, -0.1) is 0 Å². The number of phenolic OH excluding ortho intramolecular Hbond substituents is 1. The number of rotatable bonds is 5. The number of carboxylic acid groups (broad SMARTS) is 1. The van der Waals surface area contributed by atoms with Gasteiger partial charge in [-0.2, -0.15) is 0 Å². The number of phenols is 1. The molecule has 1 aromatic rings. The summed E-state index contributed by atoms with van der Waals surface area (Å²) in [6.07, 6.45) is 2.37. The van der Waals surface area contributed by atoms with Crippen LogP contribution in [0.4, 0.5) is 0 Å². The van der Waals surface area contributed by atoms with Gasteiger partial charge in [-0.25, -0.2) is 0 Å². The Morgan fingerprint density at radius 2 is 1.93 bits per heavy atom. The zero-order valence-electron chi connectivity index (χ0n) is 8.86. The van der Waals surface area contributed by atoms with Crippen molar-refractivity contribution < 1.29 is 15.0 Å². The Hall–Kier alpha value is -1.51. The average molecular weight is 208 g/mol. The maximum absolute atomic E-state index is 10.3. The van der Waals surface area contributed by atoms with E-state index in [2.05, 4.69) is 0 Å². The van der Waals surface area contributed by atoms with Gasteiger partial charge in [-0.3, -0.25) is 4.79 Å². The van der Waals surface area contributed by atoms with E-state index < -0.39 is 5.97 Å². The topological polar surface area (TPSA) is 57.5 Å². The van der Waals surface area contributed by atoms with E-state index in [-0.39, 0.29) is 12.2 Å². The molecule has 82 valence electrons. The molecule has 3 nitrogen and oxygen atoms in total. The fraction of sp³-hybridized carbons (Fsp3) is 0.417. The molecule has 0 spiro atoms. The summed E-state index contributed by atoms with van der Waals surface area (Å²) in [6, 6.07) is 5.45. The SMILES string of the molecule is CCc1cc(O)cc(CCCC(=O)O)c1. The molecule has 0 aromatic heterocycles. The summed E-state index contributed by atoms with van der Waals surface area (Å²) in [6.45, 7) is 2.02. The van der Waals surface area contributed by atoms with Crippen molar-refractivity contribution in [3.05, 3.63) is 29.3 Å². The molecule has 1 rings (SSSR count). The summed E-state index contributed by atoms with van der Waals surface area (Å²) >= 11 is 0. The van der Waals surface area contributed by atoms with Crippen LogP contribution < -0.4 is 0 Å². The summed E-state index contributed by atoms with van der Waals surface area (Å²) < 4.78 is 0. The number of carboxylic acids is 1. The van der Waals surface area contributed by atoms with Crippen molar-refractivity contribution in [3.63, 3.8) is 0 Å². The molecule has 0 heterocycles. The van der Waals surface area contributed by atoms with E-state index in [4.69, 9.17) is 5.11 Å². The van der Waals surface area contributed by atoms with Gasteiger partial charge < -0.3 is 10.2 Å². The number of aryl methyl sites for hydroxylation is 2. The second-order valence-electron chi connectivity index (χ2n) is 3.61. The monoisotopic (exact) mass is 208 g/mol. The molecule has 3 heteroatoms. The average Bonchev–Trinajstić information content (AvgIpc) is 2.16. The van der Waals surface area contributed by atoms with Gasteiger partial charge in [0, 0.05) is 6.42 Å². The van der Waals surface area contributed by atoms with Crippen LogP contribution >= 0.6 is 0 Å². The van der Waals surface area contributed by atoms with Gasteiger partial charge >= 0.3 is 5.97 Å². The fourth-order valence-corrected chi connectivity index (χ4v) is 1.54. The highest BCUT2D eigenvalue weighted by Crippen LogP contribution is 2.17. The molecule has 2 N–H and O–H groups in total. The van der Waals surface area contributed by atoms with E-state index in [1.807, 2.05) is 13.0 Å². The summed E-state index contributed by atoms with van der Waals surface area (Å²) in [5.41, 5.74) is 2.09. The lowest BCUT2D eigenvalue weighted by Crippen LogP contribution is -1.96. The van der Waals surface area contributed by atoms with Crippen molar-refractivity contribution >= 4 is 5.97 Å². The smallest absolute Gasteiger partial charge is 0.303 e. The minimum Gasteiger partial charge on any atom is -0.508 e. The summed E-state index contributed by atoms with van der Waals surface area (Å²) in [5, 5.41) is 17.9. The van der Waals surface area contributed by atoms with Crippen LogP contribution in [0.1, 0.15) is 30.9 Å². The van der Waals surface area contributed by atoms with Crippen LogP contribution in [0.25, 0.3) is 0 Å². The number of aliphatic carboxylic acids is 1. The molecule has 0 saturated heterocycles. The molecule has 0 aliphatic carbocycles. The molecule has 0 amide bonds. The lowest BCUT2D eigenvalue weighted by Gasteiger charge is -2.04. The minimum atomic E-state index is -0.772. The van der Waals surface area contributed by atoms with Crippen LogP contribution in [-0.4, -0.2) is 16.2 Å². The first-order chi connectivity index (χ1) is 7.11. The Kier molecular flexibility index (Phi) is 4.16. The van der Waals surface area contributed by atoms with Gasteiger partial charge in [0.15, 0.2) is 0 Å². The second-order valence-corrected chi connectivity index (χ2v) is 3.61. The zero-order valence-corrected chi connectivity index (χ0v) is 8.86. The Morgan fingerprint density at radius 1 is 1.27 bits per heavy atom. The molecule has 0 saturated carbocycles. The molecule has 0 aliphatic rings. The number of aromatic hydroxyl groups is 1. The number of hydrogen-bond acceptors (Lipinski definition) is 2. The van der Waals surface area contributed by atoms with E-state index >= 15 is 0 Å². The molecule has 0 unspecified atom stereocenters. The lowest BCUT2D eigenvalue weighted by atomic mass is 10.0. The molecule has 0 aliphatic heterocycles. The molecule has 0 bridgehead atoms. The standard InChI is InChI=1S/C12H16O3/c1-2-9-6-10(8-11(13)7-9)4-3-5-12(14)15/h6-8,13H,2-5H2,1H3,(H,14,15). The predicted octanol–water partition coefficient (Wildman–Crippen LogP) is 2.36. The van der Waals surface area contributed by atoms with Gasteiger partial charge in [0.2, 0.25) is 0 Å². The van der Waals surface area contributed by atoms with E-state index in [1.165, 1.54) is 0 Å². The van der Waals surface area contributed by atoms with Crippen molar-refractivity contribution in [1.29, 1.82) is 0 Å². The van der Waals surface area contributed by atoms with Crippen LogP contribution in [0.2, 0.25) is 0 Å². The van der Waals surface area contributed by atoms with Crippen LogP contribution in [-0.2, 0) is 17.6 Å². The largest absolute Gasteiger partial charge is 0.508 e. The third kappa shape index (κ3) is 4.02. The Morgan fingerprint density at radius 3 is 2.53 bits per heavy atom. The molecule has 0 fully saturated rings. The quantitative estimate of drug-likeness (QED) is 0.781. The second kappa shape index (κ2) is 5.39. The third-order valence-electron chi connectivity index (χ3n) is 2.30. The first kappa shape index (κ1) is 11.6. The maximum Gasteiger partial charge on any atom is 0.303 e. The molecule has 0 radical (unpaired) electrons. The van der Waals surface area contributed by atoms with Crippen LogP contribution in [0.3, 0.4) is 0 Å². The van der Waals surface area contributed by atoms with E-state index in [0.29, 0.717) is 12.8 Å². The highest BCUT2D eigenvalue weighted by Gasteiger charge is 2.01. The maximum atomic E-state index is 10.3. The fourth-order valence-electron chi connectivity index (χ4n) is 1.54. The molecule has 0 atom stereocenters. The van der Waals surface area contributed by atoms with Crippen molar-refractivity contribution in [2.45, 2.75) is 32.6 Å². The zero-order chi connectivity index (χ0) is 11.3. The summed E-state index contributed by atoms with van der Waals surface area (Å²) in [5.74, 6) is -0.509. The molecule has 1 aromatic carbocycles. The summed E-state index contributed by atoms with van der Waals surface area (Å²) in [4.78, 5) is 10.3. The molecular weight excluding hydrogens is 192 g/mol. The molecule has 15 heavy (non-hydrogen) atoms.